The zero-order chi connectivity index (χ0) is 16.3. The number of hydrogen-bond donors (Lipinski definition) is 0. The van der Waals surface area contributed by atoms with Crippen LogP contribution in [0.4, 0.5) is 0 Å². The van der Waals surface area contributed by atoms with E-state index in [4.69, 9.17) is 9.47 Å². The molecular formula is C16H24N2O4S. The van der Waals surface area contributed by atoms with Gasteiger partial charge in [-0.15, -0.1) is 0 Å². The minimum atomic E-state index is -3.18. The van der Waals surface area contributed by atoms with Gasteiger partial charge in [-0.3, -0.25) is 4.98 Å². The third kappa shape index (κ3) is 3.91. The Labute approximate surface area is 137 Å². The van der Waals surface area contributed by atoms with Crippen molar-refractivity contribution in [1.82, 2.24) is 9.29 Å². The molecule has 2 fully saturated rings. The van der Waals surface area contributed by atoms with Crippen molar-refractivity contribution in [2.75, 3.05) is 32.6 Å². The van der Waals surface area contributed by atoms with Crippen molar-refractivity contribution in [2.24, 2.45) is 5.41 Å². The molecule has 2 saturated heterocycles. The molecule has 1 aromatic heterocycles. The van der Waals surface area contributed by atoms with Crippen LogP contribution in [-0.2, 0) is 26.1 Å². The first-order chi connectivity index (χ1) is 11.0. The van der Waals surface area contributed by atoms with Crippen molar-refractivity contribution in [2.45, 2.75) is 32.0 Å². The van der Waals surface area contributed by atoms with E-state index in [9.17, 15) is 8.42 Å². The maximum Gasteiger partial charge on any atom is 0.211 e. The highest BCUT2D eigenvalue weighted by Gasteiger charge is 2.47. The summed E-state index contributed by atoms with van der Waals surface area (Å²) in [6.07, 6.45) is 7.52. The molecule has 7 heteroatoms. The molecule has 0 N–H and O–H groups in total. The Morgan fingerprint density at radius 3 is 3.13 bits per heavy atom. The van der Waals surface area contributed by atoms with E-state index in [2.05, 4.69) is 4.98 Å². The average molecular weight is 340 g/mol. The van der Waals surface area contributed by atoms with Crippen LogP contribution in [0.5, 0.6) is 0 Å². The SMILES string of the molecule is CS(=O)(=O)N1CCC2OCCCC2(COCc2cccnc2)C1. The Balaban J connectivity index is 1.68. The van der Waals surface area contributed by atoms with Gasteiger partial charge in [-0.1, -0.05) is 6.07 Å². The number of rotatable bonds is 5. The van der Waals surface area contributed by atoms with Gasteiger partial charge in [-0.25, -0.2) is 12.7 Å². The minimum absolute atomic E-state index is 0.0862. The summed E-state index contributed by atoms with van der Waals surface area (Å²) in [6, 6.07) is 3.86. The first kappa shape index (κ1) is 16.8. The fraction of sp³-hybridized carbons (Fsp3) is 0.688. The quantitative estimate of drug-likeness (QED) is 0.811. The van der Waals surface area contributed by atoms with Crippen LogP contribution in [0.3, 0.4) is 0 Å². The molecule has 2 aliphatic heterocycles. The molecular weight excluding hydrogens is 316 g/mol. The number of ether oxygens (including phenoxy) is 2. The van der Waals surface area contributed by atoms with Crippen LogP contribution in [0.2, 0.25) is 0 Å². The van der Waals surface area contributed by atoms with Crippen molar-refractivity contribution < 1.29 is 17.9 Å². The van der Waals surface area contributed by atoms with Crippen molar-refractivity contribution in [1.29, 1.82) is 0 Å². The van der Waals surface area contributed by atoms with Crippen molar-refractivity contribution in [3.8, 4) is 0 Å². The Kier molecular flexibility index (Phi) is 5.01. The topological polar surface area (TPSA) is 68.7 Å². The maximum atomic E-state index is 11.9. The van der Waals surface area contributed by atoms with E-state index in [0.717, 1.165) is 31.4 Å². The second-order valence-corrected chi connectivity index (χ2v) is 8.55. The van der Waals surface area contributed by atoms with Crippen LogP contribution in [-0.4, -0.2) is 56.4 Å². The summed E-state index contributed by atoms with van der Waals surface area (Å²) in [5.74, 6) is 0. The minimum Gasteiger partial charge on any atom is -0.377 e. The van der Waals surface area contributed by atoms with Crippen LogP contribution in [0.25, 0.3) is 0 Å². The molecule has 2 unspecified atom stereocenters. The van der Waals surface area contributed by atoms with Crippen molar-refractivity contribution in [3.63, 3.8) is 0 Å². The lowest BCUT2D eigenvalue weighted by molar-refractivity contribution is -0.144. The molecule has 0 aliphatic carbocycles. The Bertz CT molecular complexity index is 622. The monoisotopic (exact) mass is 340 g/mol. The van der Waals surface area contributed by atoms with Gasteiger partial charge < -0.3 is 9.47 Å². The smallest absolute Gasteiger partial charge is 0.211 e. The Morgan fingerprint density at radius 2 is 2.39 bits per heavy atom. The van der Waals surface area contributed by atoms with Gasteiger partial charge in [0.1, 0.15) is 0 Å². The lowest BCUT2D eigenvalue weighted by Crippen LogP contribution is -2.57. The van der Waals surface area contributed by atoms with Crippen LogP contribution in [0.1, 0.15) is 24.8 Å². The van der Waals surface area contributed by atoms with Crippen molar-refractivity contribution in [3.05, 3.63) is 30.1 Å². The predicted octanol–water partition coefficient (Wildman–Crippen LogP) is 1.43. The fourth-order valence-corrected chi connectivity index (χ4v) is 4.53. The maximum absolute atomic E-state index is 11.9. The summed E-state index contributed by atoms with van der Waals surface area (Å²) >= 11 is 0. The Hall–Kier alpha value is -1.02. The molecule has 0 amide bonds. The number of fused-ring (bicyclic) bond motifs is 1. The number of sulfonamides is 1. The van der Waals surface area contributed by atoms with Crippen molar-refractivity contribution >= 4 is 10.0 Å². The molecule has 0 radical (unpaired) electrons. The van der Waals surface area contributed by atoms with E-state index in [1.165, 1.54) is 6.26 Å². The summed E-state index contributed by atoms with van der Waals surface area (Å²) in [5.41, 5.74) is 0.787. The third-order valence-electron chi connectivity index (χ3n) is 4.80. The molecule has 23 heavy (non-hydrogen) atoms. The van der Waals surface area contributed by atoms with Crippen LogP contribution >= 0.6 is 0 Å². The third-order valence-corrected chi connectivity index (χ3v) is 6.05. The summed E-state index contributed by atoms with van der Waals surface area (Å²) < 4.78 is 37.3. The van der Waals surface area contributed by atoms with Gasteiger partial charge in [-0.2, -0.15) is 0 Å². The van der Waals surface area contributed by atoms with Crippen LogP contribution in [0.15, 0.2) is 24.5 Å². The van der Waals surface area contributed by atoms with Gasteiger partial charge >= 0.3 is 0 Å². The lowest BCUT2D eigenvalue weighted by Gasteiger charge is -2.49. The van der Waals surface area contributed by atoms with Gasteiger partial charge in [0, 0.05) is 37.5 Å². The van der Waals surface area contributed by atoms with E-state index < -0.39 is 10.0 Å². The highest BCUT2D eigenvalue weighted by molar-refractivity contribution is 7.88. The number of pyridine rings is 1. The molecule has 2 aliphatic rings. The van der Waals surface area contributed by atoms with Gasteiger partial charge in [0.25, 0.3) is 0 Å². The predicted molar refractivity (Wildman–Crippen MR) is 86.3 cm³/mol. The molecule has 0 saturated carbocycles. The van der Waals surface area contributed by atoms with Crippen LogP contribution < -0.4 is 0 Å². The second-order valence-electron chi connectivity index (χ2n) is 6.56. The first-order valence-electron chi connectivity index (χ1n) is 8.03. The molecule has 3 heterocycles. The summed E-state index contributed by atoms with van der Waals surface area (Å²) in [7, 11) is -3.18. The largest absolute Gasteiger partial charge is 0.377 e. The van der Waals surface area contributed by atoms with Gasteiger partial charge in [-0.05, 0) is 30.9 Å². The van der Waals surface area contributed by atoms with E-state index in [1.54, 1.807) is 16.7 Å². The zero-order valence-electron chi connectivity index (χ0n) is 13.5. The number of nitrogens with zero attached hydrogens (tertiary/aromatic N) is 2. The average Bonchev–Trinajstić information content (AvgIpc) is 2.54. The molecule has 0 spiro atoms. The molecule has 0 aromatic carbocycles. The molecule has 6 nitrogen and oxygen atoms in total. The highest BCUT2D eigenvalue weighted by atomic mass is 32.2. The van der Waals surface area contributed by atoms with E-state index in [1.807, 2.05) is 12.1 Å². The Morgan fingerprint density at radius 1 is 1.52 bits per heavy atom. The standard InChI is InChI=1S/C16H24N2O4S/c1-23(19,20)18-8-5-15-16(12-18,6-3-9-22-15)13-21-11-14-4-2-7-17-10-14/h2,4,7,10,15H,3,5-6,8-9,11-13H2,1H3. The van der Waals surface area contributed by atoms with Gasteiger partial charge in [0.15, 0.2) is 0 Å². The zero-order valence-corrected chi connectivity index (χ0v) is 14.3. The fourth-order valence-electron chi connectivity index (χ4n) is 3.60. The normalized spacial score (nSPS) is 29.2. The van der Waals surface area contributed by atoms with Gasteiger partial charge in [0.2, 0.25) is 10.0 Å². The van der Waals surface area contributed by atoms with E-state index in [-0.39, 0.29) is 11.5 Å². The molecule has 1 aromatic rings. The number of piperidine rings is 1. The summed E-state index contributed by atoms with van der Waals surface area (Å²) in [5, 5.41) is 0. The van der Waals surface area contributed by atoms with E-state index in [0.29, 0.717) is 26.3 Å². The first-order valence-corrected chi connectivity index (χ1v) is 9.88. The molecule has 0 bridgehead atoms. The second kappa shape index (κ2) is 6.84. The molecule has 3 rings (SSSR count). The summed E-state index contributed by atoms with van der Waals surface area (Å²) in [6.45, 7) is 2.78. The lowest BCUT2D eigenvalue weighted by atomic mass is 9.73. The summed E-state index contributed by atoms with van der Waals surface area (Å²) in [4.78, 5) is 4.08. The van der Waals surface area contributed by atoms with Gasteiger partial charge in [0.05, 0.1) is 25.6 Å². The van der Waals surface area contributed by atoms with Crippen LogP contribution in [0, 0.1) is 5.41 Å². The molecule has 128 valence electrons. The van der Waals surface area contributed by atoms with E-state index >= 15 is 0 Å². The molecule has 2 atom stereocenters. The number of aromatic nitrogens is 1. The number of hydrogen-bond acceptors (Lipinski definition) is 5. The highest BCUT2D eigenvalue weighted by Crippen LogP contribution is 2.41.